The van der Waals surface area contributed by atoms with Gasteiger partial charge in [-0.1, -0.05) is 28.9 Å². The van der Waals surface area contributed by atoms with E-state index in [1.165, 1.54) is 6.07 Å². The molecule has 0 aliphatic rings. The number of carboxylic acid groups (broad SMARTS) is 1. The van der Waals surface area contributed by atoms with Crippen molar-refractivity contribution in [3.05, 3.63) is 41.1 Å². The summed E-state index contributed by atoms with van der Waals surface area (Å²) in [5.41, 5.74) is 2.98. The van der Waals surface area contributed by atoms with Crippen LogP contribution in [0.3, 0.4) is 0 Å². The molecule has 4 heteroatoms. The van der Waals surface area contributed by atoms with Crippen LogP contribution in [0.4, 0.5) is 0 Å². The summed E-state index contributed by atoms with van der Waals surface area (Å²) in [6, 6.07) is 7.29. The van der Waals surface area contributed by atoms with E-state index in [1.54, 1.807) is 0 Å². The van der Waals surface area contributed by atoms with Gasteiger partial charge in [-0.25, -0.2) is 4.79 Å². The maximum absolute atomic E-state index is 10.7. The van der Waals surface area contributed by atoms with E-state index >= 15 is 0 Å². The van der Waals surface area contributed by atoms with E-state index in [0.29, 0.717) is 5.76 Å². The molecule has 82 valence electrons. The normalized spacial score (nSPS) is 10.4. The van der Waals surface area contributed by atoms with E-state index in [0.717, 1.165) is 16.7 Å². The van der Waals surface area contributed by atoms with Gasteiger partial charge in [0, 0.05) is 11.6 Å². The Labute approximate surface area is 92.5 Å². The molecule has 0 fully saturated rings. The first-order valence-corrected chi connectivity index (χ1v) is 4.85. The Bertz CT molecular complexity index is 543. The Hall–Kier alpha value is -2.10. The highest BCUT2D eigenvalue weighted by Gasteiger charge is 2.13. The van der Waals surface area contributed by atoms with Gasteiger partial charge in [0.05, 0.1) is 0 Å². The first-order valence-electron chi connectivity index (χ1n) is 4.85. The Morgan fingerprint density at radius 1 is 1.31 bits per heavy atom. The van der Waals surface area contributed by atoms with Crippen LogP contribution in [0.2, 0.25) is 0 Å². The molecule has 0 saturated heterocycles. The first kappa shape index (κ1) is 10.4. The van der Waals surface area contributed by atoms with Crippen LogP contribution in [0.15, 0.2) is 28.8 Å². The second-order valence-electron chi connectivity index (χ2n) is 3.70. The van der Waals surface area contributed by atoms with Crippen molar-refractivity contribution in [1.82, 2.24) is 5.16 Å². The highest BCUT2D eigenvalue weighted by Crippen LogP contribution is 2.24. The molecule has 0 aliphatic carbocycles. The minimum Gasteiger partial charge on any atom is -0.476 e. The van der Waals surface area contributed by atoms with Gasteiger partial charge in [0.25, 0.3) is 0 Å². The molecule has 4 nitrogen and oxygen atoms in total. The molecule has 16 heavy (non-hydrogen) atoms. The molecule has 0 spiro atoms. The Kier molecular flexibility index (Phi) is 2.48. The van der Waals surface area contributed by atoms with Crippen molar-refractivity contribution in [2.45, 2.75) is 13.8 Å². The van der Waals surface area contributed by atoms with E-state index in [2.05, 4.69) is 5.16 Å². The van der Waals surface area contributed by atoms with Crippen molar-refractivity contribution >= 4 is 5.97 Å². The number of aromatic carboxylic acids is 1. The number of carbonyl (C=O) groups is 1. The molecule has 0 atom stereocenters. The third-order valence-corrected chi connectivity index (χ3v) is 2.38. The number of benzene rings is 1. The molecule has 2 rings (SSSR count). The minimum absolute atomic E-state index is 0.0741. The summed E-state index contributed by atoms with van der Waals surface area (Å²) in [7, 11) is 0. The predicted octanol–water partition coefficient (Wildman–Crippen LogP) is 2.66. The summed E-state index contributed by atoms with van der Waals surface area (Å²) < 4.78 is 5.00. The number of carboxylic acids is 1. The number of rotatable bonds is 2. The third kappa shape index (κ3) is 1.82. The van der Waals surface area contributed by atoms with Crippen molar-refractivity contribution in [3.63, 3.8) is 0 Å². The van der Waals surface area contributed by atoms with E-state index < -0.39 is 5.97 Å². The molecule has 1 aromatic heterocycles. The molecule has 0 amide bonds. The van der Waals surface area contributed by atoms with E-state index in [1.807, 2.05) is 32.0 Å². The second kappa shape index (κ2) is 3.81. The van der Waals surface area contributed by atoms with Gasteiger partial charge < -0.3 is 9.63 Å². The number of aromatic nitrogens is 1. The van der Waals surface area contributed by atoms with Crippen LogP contribution in [0, 0.1) is 13.8 Å². The fourth-order valence-electron chi connectivity index (χ4n) is 1.59. The van der Waals surface area contributed by atoms with Crippen LogP contribution < -0.4 is 0 Å². The zero-order chi connectivity index (χ0) is 11.7. The van der Waals surface area contributed by atoms with Crippen molar-refractivity contribution in [2.24, 2.45) is 0 Å². The predicted molar refractivity (Wildman–Crippen MR) is 58.4 cm³/mol. The molecule has 0 aliphatic heterocycles. The van der Waals surface area contributed by atoms with Crippen LogP contribution in [-0.2, 0) is 0 Å². The van der Waals surface area contributed by atoms with Gasteiger partial charge in [-0.05, 0) is 19.4 Å². The topological polar surface area (TPSA) is 63.3 Å². The Morgan fingerprint density at radius 3 is 2.62 bits per heavy atom. The van der Waals surface area contributed by atoms with Crippen LogP contribution >= 0.6 is 0 Å². The monoisotopic (exact) mass is 217 g/mol. The standard InChI is InChI=1S/C12H11NO3/c1-7-3-4-9(8(2)5-7)11-6-10(12(14)15)13-16-11/h3-6H,1-2H3,(H,14,15). The van der Waals surface area contributed by atoms with Gasteiger partial charge >= 0.3 is 5.97 Å². The smallest absolute Gasteiger partial charge is 0.358 e. The van der Waals surface area contributed by atoms with Gasteiger partial charge in [0.1, 0.15) is 0 Å². The number of hydrogen-bond donors (Lipinski definition) is 1. The van der Waals surface area contributed by atoms with E-state index in [-0.39, 0.29) is 5.69 Å². The zero-order valence-corrected chi connectivity index (χ0v) is 9.02. The number of hydrogen-bond acceptors (Lipinski definition) is 3. The lowest BCUT2D eigenvalue weighted by Crippen LogP contribution is -1.94. The van der Waals surface area contributed by atoms with Crippen LogP contribution in [-0.4, -0.2) is 16.2 Å². The van der Waals surface area contributed by atoms with Crippen molar-refractivity contribution < 1.29 is 14.4 Å². The fraction of sp³-hybridized carbons (Fsp3) is 0.167. The average molecular weight is 217 g/mol. The van der Waals surface area contributed by atoms with Gasteiger partial charge in [0.15, 0.2) is 11.5 Å². The summed E-state index contributed by atoms with van der Waals surface area (Å²) in [6.45, 7) is 3.95. The van der Waals surface area contributed by atoms with Crippen LogP contribution in [0.1, 0.15) is 21.6 Å². The van der Waals surface area contributed by atoms with Crippen LogP contribution in [0.5, 0.6) is 0 Å². The van der Waals surface area contributed by atoms with Gasteiger partial charge in [-0.3, -0.25) is 0 Å². The fourth-order valence-corrected chi connectivity index (χ4v) is 1.59. The molecule has 0 radical (unpaired) electrons. The van der Waals surface area contributed by atoms with Crippen molar-refractivity contribution in [1.29, 1.82) is 0 Å². The number of nitrogens with zero attached hydrogens (tertiary/aromatic N) is 1. The molecule has 1 aromatic carbocycles. The average Bonchev–Trinajstić information content (AvgIpc) is 2.66. The van der Waals surface area contributed by atoms with Gasteiger partial charge in [-0.2, -0.15) is 0 Å². The summed E-state index contributed by atoms with van der Waals surface area (Å²) in [5.74, 6) is -0.602. The summed E-state index contributed by atoms with van der Waals surface area (Å²) in [4.78, 5) is 10.7. The molecular formula is C12H11NO3. The zero-order valence-electron chi connectivity index (χ0n) is 9.02. The minimum atomic E-state index is -1.08. The van der Waals surface area contributed by atoms with E-state index in [4.69, 9.17) is 9.63 Å². The summed E-state index contributed by atoms with van der Waals surface area (Å²) in [5, 5.41) is 12.2. The molecule has 0 saturated carbocycles. The molecule has 0 unspecified atom stereocenters. The van der Waals surface area contributed by atoms with Crippen molar-refractivity contribution in [3.8, 4) is 11.3 Å². The second-order valence-corrected chi connectivity index (χ2v) is 3.70. The lowest BCUT2D eigenvalue weighted by molar-refractivity contribution is 0.0686. The molecule has 1 N–H and O–H groups in total. The maximum Gasteiger partial charge on any atom is 0.358 e. The first-order chi connectivity index (χ1) is 7.58. The lowest BCUT2D eigenvalue weighted by Gasteiger charge is -2.01. The van der Waals surface area contributed by atoms with Gasteiger partial charge in [-0.15, -0.1) is 0 Å². The highest BCUT2D eigenvalue weighted by molar-refractivity contribution is 5.86. The molecule has 1 heterocycles. The third-order valence-electron chi connectivity index (χ3n) is 2.38. The summed E-state index contributed by atoms with van der Waals surface area (Å²) in [6.07, 6.45) is 0. The van der Waals surface area contributed by atoms with Crippen molar-refractivity contribution in [2.75, 3.05) is 0 Å². The Morgan fingerprint density at radius 2 is 2.06 bits per heavy atom. The van der Waals surface area contributed by atoms with Crippen LogP contribution in [0.25, 0.3) is 11.3 Å². The highest BCUT2D eigenvalue weighted by atomic mass is 16.5. The van der Waals surface area contributed by atoms with Gasteiger partial charge in [0.2, 0.25) is 0 Å². The molecule has 0 bridgehead atoms. The maximum atomic E-state index is 10.7. The van der Waals surface area contributed by atoms with E-state index in [9.17, 15) is 4.79 Å². The molecular weight excluding hydrogens is 206 g/mol. The largest absolute Gasteiger partial charge is 0.476 e. The lowest BCUT2D eigenvalue weighted by atomic mass is 10.0. The summed E-state index contributed by atoms with van der Waals surface area (Å²) >= 11 is 0. The quantitative estimate of drug-likeness (QED) is 0.839. The Balaban J connectivity index is 2.46. The number of aryl methyl sites for hydroxylation is 2. The molecule has 2 aromatic rings. The SMILES string of the molecule is Cc1ccc(-c2cc(C(=O)O)no2)c(C)c1.